The molecule has 2 aromatic rings. The zero-order chi connectivity index (χ0) is 23.2. The van der Waals surface area contributed by atoms with Gasteiger partial charge in [-0.05, 0) is 64.7 Å². The molecule has 2 heterocycles. The highest BCUT2D eigenvalue weighted by Crippen LogP contribution is 2.29. The lowest BCUT2D eigenvalue weighted by molar-refractivity contribution is 0.0512. The summed E-state index contributed by atoms with van der Waals surface area (Å²) in [6.07, 6.45) is 0.0959. The van der Waals surface area contributed by atoms with Crippen molar-refractivity contribution in [1.82, 2.24) is 15.3 Å². The fourth-order valence-corrected chi connectivity index (χ4v) is 3.03. The van der Waals surface area contributed by atoms with Crippen molar-refractivity contribution in [3.8, 4) is 0 Å². The number of ether oxygens (including phenoxy) is 3. The van der Waals surface area contributed by atoms with Gasteiger partial charge in [-0.2, -0.15) is 0 Å². The van der Waals surface area contributed by atoms with Crippen LogP contribution in [0, 0.1) is 0 Å². The summed E-state index contributed by atoms with van der Waals surface area (Å²) in [5.41, 5.74) is 1.04. The van der Waals surface area contributed by atoms with Crippen LogP contribution in [0.4, 0.5) is 4.79 Å². The number of nitrogens with zero attached hydrogens (tertiary/aromatic N) is 1. The lowest BCUT2D eigenvalue weighted by Gasteiger charge is -2.20. The lowest BCUT2D eigenvalue weighted by Crippen LogP contribution is -2.33. The molecule has 2 aromatic heterocycles. The third kappa shape index (κ3) is 6.70. The Kier molecular flexibility index (Phi) is 8.01. The number of hydrogen-bond acceptors (Lipinski definition) is 7. The molecule has 9 heteroatoms. The smallest absolute Gasteiger partial charge is 0.407 e. The molecular weight excluding hydrogens is 402 g/mol. The van der Waals surface area contributed by atoms with E-state index in [1.807, 2.05) is 6.92 Å². The number of alkyl carbamates (subject to hydrolysis) is 1. The number of aromatic nitrogens is 2. The Bertz CT molecular complexity index is 945. The zero-order valence-electron chi connectivity index (χ0n) is 19.0. The highest BCUT2D eigenvalue weighted by Gasteiger charge is 2.21. The van der Waals surface area contributed by atoms with Gasteiger partial charge in [0.1, 0.15) is 16.9 Å². The summed E-state index contributed by atoms with van der Waals surface area (Å²) in [5.74, 6) is -1.10. The molecule has 0 fully saturated rings. The van der Waals surface area contributed by atoms with E-state index in [4.69, 9.17) is 14.2 Å². The van der Waals surface area contributed by atoms with Crippen molar-refractivity contribution in [2.75, 3.05) is 19.8 Å². The van der Waals surface area contributed by atoms with Gasteiger partial charge in [-0.15, -0.1) is 0 Å². The maximum absolute atomic E-state index is 12.3. The van der Waals surface area contributed by atoms with Crippen LogP contribution in [0.1, 0.15) is 80.4 Å². The number of nitrogens with one attached hydrogen (secondary N) is 2. The summed E-state index contributed by atoms with van der Waals surface area (Å²) in [6.45, 7) is 11.7. The van der Waals surface area contributed by atoms with Gasteiger partial charge in [-0.1, -0.05) is 6.92 Å². The minimum atomic E-state index is -0.573. The van der Waals surface area contributed by atoms with Gasteiger partial charge in [0.15, 0.2) is 5.69 Å². The van der Waals surface area contributed by atoms with Gasteiger partial charge in [0.05, 0.1) is 13.2 Å². The van der Waals surface area contributed by atoms with Crippen molar-refractivity contribution in [1.29, 1.82) is 0 Å². The summed E-state index contributed by atoms with van der Waals surface area (Å²) in [7, 11) is 0. The van der Waals surface area contributed by atoms with E-state index >= 15 is 0 Å². The molecule has 31 heavy (non-hydrogen) atoms. The summed E-state index contributed by atoms with van der Waals surface area (Å²) in [5, 5.41) is 3.44. The first-order chi connectivity index (χ1) is 14.6. The van der Waals surface area contributed by atoms with Crippen molar-refractivity contribution in [2.24, 2.45) is 0 Å². The minimum Gasteiger partial charge on any atom is -0.461 e. The normalized spacial score (nSPS) is 12.3. The Morgan fingerprint density at radius 3 is 2.35 bits per heavy atom. The van der Waals surface area contributed by atoms with Gasteiger partial charge in [0.2, 0.25) is 0 Å². The second-order valence-electron chi connectivity index (χ2n) is 8.10. The molecule has 0 aliphatic carbocycles. The van der Waals surface area contributed by atoms with E-state index < -0.39 is 23.6 Å². The van der Waals surface area contributed by atoms with E-state index in [0.29, 0.717) is 24.0 Å². The molecule has 0 saturated heterocycles. The van der Waals surface area contributed by atoms with Crippen molar-refractivity contribution in [2.45, 2.75) is 59.5 Å². The molecule has 2 rings (SSSR count). The van der Waals surface area contributed by atoms with Crippen molar-refractivity contribution in [3.63, 3.8) is 0 Å². The number of carbonyl (C=O) groups excluding carboxylic acids is 3. The molecule has 0 aromatic carbocycles. The largest absolute Gasteiger partial charge is 0.461 e. The summed E-state index contributed by atoms with van der Waals surface area (Å²) in [4.78, 5) is 43.6. The molecule has 1 atom stereocenters. The maximum atomic E-state index is 12.3. The Morgan fingerprint density at radius 2 is 1.74 bits per heavy atom. The molecule has 170 valence electrons. The van der Waals surface area contributed by atoms with Crippen molar-refractivity contribution < 1.29 is 28.6 Å². The molecule has 0 radical (unpaired) electrons. The maximum Gasteiger partial charge on any atom is 0.407 e. The number of H-pyrrole nitrogens is 1. The van der Waals surface area contributed by atoms with Crippen LogP contribution in [0.3, 0.4) is 0 Å². The van der Waals surface area contributed by atoms with E-state index in [1.54, 1.807) is 46.8 Å². The highest BCUT2D eigenvalue weighted by atomic mass is 16.6. The Morgan fingerprint density at radius 1 is 1.10 bits per heavy atom. The second kappa shape index (κ2) is 10.3. The lowest BCUT2D eigenvalue weighted by atomic mass is 9.95. The number of pyridine rings is 1. The number of rotatable bonds is 8. The predicted octanol–water partition coefficient (Wildman–Crippen LogP) is 3.93. The third-order valence-corrected chi connectivity index (χ3v) is 4.39. The monoisotopic (exact) mass is 433 g/mol. The summed E-state index contributed by atoms with van der Waals surface area (Å²) in [6, 6.07) is 3.34. The molecule has 1 unspecified atom stereocenters. The van der Waals surface area contributed by atoms with Crippen LogP contribution < -0.4 is 5.32 Å². The fourth-order valence-electron chi connectivity index (χ4n) is 3.03. The predicted molar refractivity (Wildman–Crippen MR) is 115 cm³/mol. The molecule has 1 amide bonds. The van der Waals surface area contributed by atoms with E-state index in [1.165, 1.54) is 0 Å². The quantitative estimate of drug-likeness (QED) is 0.478. The molecule has 0 saturated carbocycles. The van der Waals surface area contributed by atoms with Gasteiger partial charge >= 0.3 is 18.0 Å². The first-order valence-electron chi connectivity index (χ1n) is 10.4. The van der Waals surface area contributed by atoms with Crippen LogP contribution >= 0.6 is 0 Å². The molecule has 0 bridgehead atoms. The molecule has 0 aliphatic heterocycles. The van der Waals surface area contributed by atoms with Crippen LogP contribution in [-0.4, -0.2) is 53.4 Å². The van der Waals surface area contributed by atoms with Crippen LogP contribution in [0.2, 0.25) is 0 Å². The number of amides is 1. The van der Waals surface area contributed by atoms with E-state index in [-0.39, 0.29) is 30.5 Å². The summed E-state index contributed by atoms with van der Waals surface area (Å²) >= 11 is 0. The Balaban J connectivity index is 2.28. The van der Waals surface area contributed by atoms with Crippen LogP contribution in [-0.2, 0) is 14.2 Å². The second-order valence-corrected chi connectivity index (χ2v) is 8.10. The van der Waals surface area contributed by atoms with Gasteiger partial charge < -0.3 is 24.5 Å². The summed E-state index contributed by atoms with van der Waals surface area (Å²) < 4.78 is 15.4. The Hall–Kier alpha value is -3.10. The van der Waals surface area contributed by atoms with Crippen LogP contribution in [0.25, 0.3) is 11.0 Å². The van der Waals surface area contributed by atoms with Gasteiger partial charge in [-0.3, -0.25) is 0 Å². The Labute approximate surface area is 181 Å². The standard InChI is InChI=1S/C22H31N3O6/c1-7-29-19(26)16-11-14(13(3)9-10-23-21(28)31-22(4,5)6)15-12-17(20(27)30-8-2)25-18(15)24-16/h11-13H,7-10H2,1-6H3,(H,23,28)(H,24,25). The van der Waals surface area contributed by atoms with E-state index in [2.05, 4.69) is 15.3 Å². The van der Waals surface area contributed by atoms with Gasteiger partial charge in [0.25, 0.3) is 0 Å². The third-order valence-electron chi connectivity index (χ3n) is 4.39. The first-order valence-corrected chi connectivity index (χ1v) is 10.4. The van der Waals surface area contributed by atoms with Crippen LogP contribution in [0.5, 0.6) is 0 Å². The molecule has 9 nitrogen and oxygen atoms in total. The topological polar surface area (TPSA) is 120 Å². The van der Waals surface area contributed by atoms with Gasteiger partial charge in [0, 0.05) is 11.9 Å². The zero-order valence-corrected chi connectivity index (χ0v) is 19.0. The average molecular weight is 434 g/mol. The minimum absolute atomic E-state index is 0.0561. The van der Waals surface area contributed by atoms with Crippen LogP contribution in [0.15, 0.2) is 12.1 Å². The molecule has 2 N–H and O–H groups in total. The average Bonchev–Trinajstić information content (AvgIpc) is 3.10. The SMILES string of the molecule is CCOC(=O)c1cc(C(C)CCNC(=O)OC(C)(C)C)c2cc(C(=O)OCC)[nH]c2n1. The number of aromatic amines is 1. The van der Waals surface area contributed by atoms with Gasteiger partial charge in [-0.25, -0.2) is 19.4 Å². The van der Waals surface area contributed by atoms with Crippen molar-refractivity contribution in [3.05, 3.63) is 29.1 Å². The van der Waals surface area contributed by atoms with Crippen molar-refractivity contribution >= 4 is 29.1 Å². The van der Waals surface area contributed by atoms with E-state index in [9.17, 15) is 14.4 Å². The highest BCUT2D eigenvalue weighted by molar-refractivity contribution is 5.97. The number of fused-ring (bicyclic) bond motifs is 1. The molecular formula is C22H31N3O6. The number of carbonyl (C=O) groups is 3. The number of esters is 2. The fraction of sp³-hybridized carbons (Fsp3) is 0.545. The molecule has 0 aliphatic rings. The first kappa shape index (κ1) is 24.2. The number of hydrogen-bond donors (Lipinski definition) is 2. The molecule has 0 spiro atoms. The van der Waals surface area contributed by atoms with E-state index in [0.717, 1.165) is 5.56 Å².